The molecular formula is C28H28F6N2O3. The Morgan fingerprint density at radius 1 is 0.795 bits per heavy atom. The van der Waals surface area contributed by atoms with E-state index >= 15 is 0 Å². The molecule has 0 heterocycles. The highest BCUT2D eigenvalue weighted by molar-refractivity contribution is 5.74. The van der Waals surface area contributed by atoms with Crippen molar-refractivity contribution in [1.29, 1.82) is 0 Å². The van der Waals surface area contributed by atoms with E-state index < -0.39 is 35.7 Å². The molecule has 2 N–H and O–H groups in total. The minimum atomic E-state index is -4.96. The van der Waals surface area contributed by atoms with E-state index in [1.54, 1.807) is 37.3 Å². The molecule has 210 valence electrons. The Balaban J connectivity index is 2.19. The molecule has 1 unspecified atom stereocenters. The van der Waals surface area contributed by atoms with E-state index in [0.29, 0.717) is 6.42 Å². The van der Waals surface area contributed by atoms with Crippen molar-refractivity contribution in [3.05, 3.63) is 95.6 Å². The van der Waals surface area contributed by atoms with Gasteiger partial charge >= 0.3 is 18.8 Å². The Bertz CT molecular complexity index is 1170. The normalized spacial score (nSPS) is 12.9. The van der Waals surface area contributed by atoms with Crippen LogP contribution < -0.4 is 20.1 Å². The molecule has 5 nitrogen and oxygen atoms in total. The summed E-state index contributed by atoms with van der Waals surface area (Å²) in [6.07, 6.45) is -9.16. The number of nitrogens with one attached hydrogen (secondary N) is 2. The molecule has 0 aromatic heterocycles. The monoisotopic (exact) mass is 554 g/mol. The molecule has 0 aliphatic heterocycles. The lowest BCUT2D eigenvalue weighted by molar-refractivity contribution is -0.275. The topological polar surface area (TPSA) is 59.6 Å². The van der Waals surface area contributed by atoms with Crippen LogP contribution in [0.1, 0.15) is 37.0 Å². The van der Waals surface area contributed by atoms with Gasteiger partial charge in [-0.2, -0.15) is 0 Å². The van der Waals surface area contributed by atoms with Crippen molar-refractivity contribution in [1.82, 2.24) is 10.6 Å². The molecule has 11 heteroatoms. The van der Waals surface area contributed by atoms with Crippen molar-refractivity contribution >= 4 is 6.03 Å². The summed E-state index contributed by atoms with van der Waals surface area (Å²) in [5.41, 5.74) is -0.0440. The van der Waals surface area contributed by atoms with E-state index in [2.05, 4.69) is 20.1 Å². The fraction of sp³-hybridized carbons (Fsp3) is 0.321. The molecule has 0 aliphatic carbocycles. The highest BCUT2D eigenvalue weighted by Crippen LogP contribution is 2.39. The number of alkyl halides is 6. The summed E-state index contributed by atoms with van der Waals surface area (Å²) in [6.45, 7) is 3.50. The Kier molecular flexibility index (Phi) is 9.36. The fourth-order valence-electron chi connectivity index (χ4n) is 4.17. The molecule has 0 saturated heterocycles. The first-order chi connectivity index (χ1) is 18.3. The van der Waals surface area contributed by atoms with E-state index in [0.717, 1.165) is 17.7 Å². The van der Waals surface area contributed by atoms with Crippen LogP contribution in [0.5, 0.6) is 11.5 Å². The second kappa shape index (κ2) is 12.3. The molecule has 1 atom stereocenters. The molecule has 0 radical (unpaired) electrons. The first kappa shape index (κ1) is 29.7. The molecular weight excluding hydrogens is 526 g/mol. The lowest BCUT2D eigenvalue weighted by Crippen LogP contribution is -2.48. The zero-order chi connectivity index (χ0) is 28.7. The smallest absolute Gasteiger partial charge is 0.406 e. The third-order valence-electron chi connectivity index (χ3n) is 6.13. The van der Waals surface area contributed by atoms with E-state index in [4.69, 9.17) is 0 Å². The zero-order valence-corrected chi connectivity index (χ0v) is 21.2. The largest absolute Gasteiger partial charge is 0.573 e. The second-order valence-electron chi connectivity index (χ2n) is 9.03. The number of amides is 2. The lowest BCUT2D eigenvalue weighted by Gasteiger charge is -2.36. The summed E-state index contributed by atoms with van der Waals surface area (Å²) in [5.74, 6) is -1.02. The number of benzene rings is 3. The standard InChI is InChI=1S/C28H28F6N2O3/c1-3-19(2)36-25(37)35-18-26(17-20-9-5-4-6-10-20,21-11-7-13-23(15-21)38-27(29,30)31)22-12-8-14-24(16-22)39-28(32,33)34/h4-16,19H,3,17-18H2,1-2H3,(H2,35,36,37). The number of halogens is 6. The van der Waals surface area contributed by atoms with Crippen molar-refractivity contribution in [3.63, 3.8) is 0 Å². The van der Waals surface area contributed by atoms with Crippen LogP contribution in [0.4, 0.5) is 31.1 Å². The average molecular weight is 555 g/mol. The van der Waals surface area contributed by atoms with E-state index in [1.165, 1.54) is 36.4 Å². The SMILES string of the molecule is CCC(C)NC(=O)NCC(Cc1ccccc1)(c1cccc(OC(F)(F)F)c1)c1cccc(OC(F)(F)F)c1. The summed E-state index contributed by atoms with van der Waals surface area (Å²) < 4.78 is 86.6. The summed E-state index contributed by atoms with van der Waals surface area (Å²) >= 11 is 0. The molecule has 0 bridgehead atoms. The molecule has 0 saturated carbocycles. The molecule has 3 aromatic rings. The summed E-state index contributed by atoms with van der Waals surface area (Å²) in [4.78, 5) is 12.7. The van der Waals surface area contributed by atoms with Crippen molar-refractivity contribution < 1.29 is 40.6 Å². The van der Waals surface area contributed by atoms with Gasteiger partial charge in [0.05, 0.1) is 0 Å². The fourth-order valence-corrected chi connectivity index (χ4v) is 4.17. The van der Waals surface area contributed by atoms with Crippen LogP contribution in [0.3, 0.4) is 0 Å². The number of hydrogen-bond acceptors (Lipinski definition) is 3. The first-order valence-corrected chi connectivity index (χ1v) is 12.1. The molecule has 2 amide bonds. The number of hydrogen-bond donors (Lipinski definition) is 2. The maximum Gasteiger partial charge on any atom is 0.573 e. The van der Waals surface area contributed by atoms with Crippen LogP contribution in [0, 0.1) is 0 Å². The van der Waals surface area contributed by atoms with Crippen LogP contribution in [0.15, 0.2) is 78.9 Å². The number of urea groups is 1. The molecule has 39 heavy (non-hydrogen) atoms. The van der Waals surface area contributed by atoms with Gasteiger partial charge in [0.25, 0.3) is 0 Å². The number of rotatable bonds is 10. The quantitative estimate of drug-likeness (QED) is 0.263. The van der Waals surface area contributed by atoms with Crippen LogP contribution >= 0.6 is 0 Å². The van der Waals surface area contributed by atoms with Crippen LogP contribution in [0.25, 0.3) is 0 Å². The highest BCUT2D eigenvalue weighted by Gasteiger charge is 2.38. The Morgan fingerprint density at radius 2 is 1.31 bits per heavy atom. The molecule has 3 rings (SSSR count). The third-order valence-corrected chi connectivity index (χ3v) is 6.13. The summed E-state index contributed by atoms with van der Waals surface area (Å²) in [6, 6.07) is 18.5. The number of ether oxygens (including phenoxy) is 2. The van der Waals surface area contributed by atoms with Gasteiger partial charge in [-0.05, 0) is 60.7 Å². The Labute approximate surface area is 222 Å². The number of carbonyl (C=O) groups excluding carboxylic acids is 1. The minimum Gasteiger partial charge on any atom is -0.406 e. The molecule has 3 aromatic carbocycles. The predicted octanol–water partition coefficient (Wildman–Crippen LogP) is 7.11. The van der Waals surface area contributed by atoms with Gasteiger partial charge in [-0.25, -0.2) is 4.79 Å². The highest BCUT2D eigenvalue weighted by atomic mass is 19.4. The molecule has 0 aliphatic rings. The minimum absolute atomic E-state index is 0.113. The summed E-state index contributed by atoms with van der Waals surface area (Å²) in [5, 5.41) is 5.52. The van der Waals surface area contributed by atoms with E-state index in [9.17, 15) is 31.1 Å². The maximum absolute atomic E-state index is 13.0. The summed E-state index contributed by atoms with van der Waals surface area (Å²) in [7, 11) is 0. The first-order valence-electron chi connectivity index (χ1n) is 12.1. The van der Waals surface area contributed by atoms with Gasteiger partial charge < -0.3 is 20.1 Å². The van der Waals surface area contributed by atoms with Crippen molar-refractivity contribution in [3.8, 4) is 11.5 Å². The Hall–Kier alpha value is -3.89. The van der Waals surface area contributed by atoms with Gasteiger partial charge in [0, 0.05) is 18.0 Å². The van der Waals surface area contributed by atoms with Crippen LogP contribution in [-0.4, -0.2) is 31.3 Å². The lowest BCUT2D eigenvalue weighted by atomic mass is 9.70. The third kappa shape index (κ3) is 8.83. The number of carbonyl (C=O) groups is 1. The van der Waals surface area contributed by atoms with Crippen molar-refractivity contribution in [2.75, 3.05) is 6.54 Å². The maximum atomic E-state index is 13.0. The Morgan fingerprint density at radius 3 is 1.77 bits per heavy atom. The van der Waals surface area contributed by atoms with Crippen LogP contribution in [-0.2, 0) is 11.8 Å². The van der Waals surface area contributed by atoms with Gasteiger partial charge in [-0.3, -0.25) is 0 Å². The van der Waals surface area contributed by atoms with E-state index in [1.807, 2.05) is 6.92 Å². The average Bonchev–Trinajstić information content (AvgIpc) is 2.85. The van der Waals surface area contributed by atoms with Gasteiger partial charge in [0.1, 0.15) is 11.5 Å². The van der Waals surface area contributed by atoms with Crippen LogP contribution in [0.2, 0.25) is 0 Å². The second-order valence-corrected chi connectivity index (χ2v) is 9.03. The zero-order valence-electron chi connectivity index (χ0n) is 21.2. The molecule has 0 spiro atoms. The van der Waals surface area contributed by atoms with Gasteiger partial charge in [-0.1, -0.05) is 61.5 Å². The van der Waals surface area contributed by atoms with Gasteiger partial charge in [0.15, 0.2) is 0 Å². The van der Waals surface area contributed by atoms with E-state index in [-0.39, 0.29) is 30.1 Å². The molecule has 0 fully saturated rings. The predicted molar refractivity (Wildman–Crippen MR) is 133 cm³/mol. The van der Waals surface area contributed by atoms with Gasteiger partial charge in [-0.15, -0.1) is 26.3 Å². The van der Waals surface area contributed by atoms with Crippen molar-refractivity contribution in [2.24, 2.45) is 0 Å². The van der Waals surface area contributed by atoms with Crippen molar-refractivity contribution in [2.45, 2.75) is 50.9 Å². The van der Waals surface area contributed by atoms with Gasteiger partial charge in [0.2, 0.25) is 0 Å².